The molecule has 0 atom stereocenters. The highest BCUT2D eigenvalue weighted by atomic mass is 79.9. The van der Waals surface area contributed by atoms with Crippen LogP contribution >= 0.6 is 15.9 Å². The average Bonchev–Trinajstić information content (AvgIpc) is 2.70. The van der Waals surface area contributed by atoms with E-state index in [2.05, 4.69) is 69.5 Å². The maximum atomic E-state index is 12.6. The summed E-state index contributed by atoms with van der Waals surface area (Å²) in [7, 11) is 0. The fourth-order valence-corrected chi connectivity index (χ4v) is 3.85. The van der Waals surface area contributed by atoms with Crippen molar-refractivity contribution in [2.45, 2.75) is 45.6 Å². The van der Waals surface area contributed by atoms with E-state index < -0.39 is 0 Å². The molecule has 1 fully saturated rings. The summed E-state index contributed by atoms with van der Waals surface area (Å²) in [5.41, 5.74) is 3.58. The van der Waals surface area contributed by atoms with Crippen LogP contribution in [-0.4, -0.2) is 23.9 Å². The van der Waals surface area contributed by atoms with Gasteiger partial charge in [-0.25, -0.2) is 0 Å². The summed E-state index contributed by atoms with van der Waals surface area (Å²) in [6, 6.07) is 16.8. The molecule has 1 aliphatic heterocycles. The van der Waals surface area contributed by atoms with Crippen molar-refractivity contribution < 1.29 is 4.79 Å². The Morgan fingerprint density at radius 2 is 1.67 bits per heavy atom. The molecule has 0 spiro atoms. The monoisotopic (exact) mass is 428 g/mol. The van der Waals surface area contributed by atoms with E-state index in [4.69, 9.17) is 0 Å². The quantitative estimate of drug-likeness (QED) is 0.618. The third kappa shape index (κ3) is 6.18. The highest BCUT2D eigenvalue weighted by molar-refractivity contribution is 9.10. The van der Waals surface area contributed by atoms with E-state index in [-0.39, 0.29) is 11.8 Å². The van der Waals surface area contributed by atoms with E-state index in [1.807, 2.05) is 12.1 Å². The molecule has 1 N–H and O–H groups in total. The van der Waals surface area contributed by atoms with Gasteiger partial charge in [0, 0.05) is 22.6 Å². The molecule has 0 unspecified atom stereocenters. The average molecular weight is 429 g/mol. The van der Waals surface area contributed by atoms with Gasteiger partial charge in [-0.3, -0.25) is 9.69 Å². The molecule has 1 saturated heterocycles. The molecule has 0 bridgehead atoms. The maximum Gasteiger partial charge on any atom is 0.227 e. The van der Waals surface area contributed by atoms with Gasteiger partial charge in [-0.05, 0) is 74.2 Å². The SMILES string of the molecule is CCCCc1ccc(NC(=O)C2CCN(Cc3ccc(Br)cc3)CC2)cc1. The van der Waals surface area contributed by atoms with Crippen LogP contribution < -0.4 is 5.32 Å². The van der Waals surface area contributed by atoms with Crippen molar-refractivity contribution in [2.75, 3.05) is 18.4 Å². The van der Waals surface area contributed by atoms with E-state index in [9.17, 15) is 4.79 Å². The van der Waals surface area contributed by atoms with Crippen molar-refractivity contribution >= 4 is 27.5 Å². The number of carbonyl (C=O) groups is 1. The van der Waals surface area contributed by atoms with Crippen molar-refractivity contribution in [1.29, 1.82) is 0 Å². The number of likely N-dealkylation sites (tertiary alicyclic amines) is 1. The summed E-state index contributed by atoms with van der Waals surface area (Å²) in [5.74, 6) is 0.283. The number of hydrogen-bond donors (Lipinski definition) is 1. The van der Waals surface area contributed by atoms with Gasteiger partial charge in [0.15, 0.2) is 0 Å². The number of anilines is 1. The molecule has 3 nitrogen and oxygen atoms in total. The minimum Gasteiger partial charge on any atom is -0.326 e. The zero-order chi connectivity index (χ0) is 19.1. The second kappa shape index (κ2) is 10.0. The maximum absolute atomic E-state index is 12.6. The lowest BCUT2D eigenvalue weighted by Gasteiger charge is -2.31. The molecule has 0 aromatic heterocycles. The Bertz CT molecular complexity index is 719. The third-order valence-corrected chi connectivity index (χ3v) is 5.85. The van der Waals surface area contributed by atoms with Crippen LogP contribution in [-0.2, 0) is 17.8 Å². The Morgan fingerprint density at radius 3 is 2.30 bits per heavy atom. The molecule has 3 rings (SSSR count). The molecule has 0 radical (unpaired) electrons. The Hall–Kier alpha value is -1.65. The number of hydrogen-bond acceptors (Lipinski definition) is 2. The number of carbonyl (C=O) groups excluding carboxylic acids is 1. The summed E-state index contributed by atoms with van der Waals surface area (Å²) >= 11 is 3.48. The first kappa shape index (κ1) is 20.1. The molecule has 1 amide bonds. The van der Waals surface area contributed by atoms with Gasteiger partial charge in [0.05, 0.1) is 0 Å². The standard InChI is InChI=1S/C23H29BrN2O/c1-2-3-4-18-7-11-22(12-8-18)25-23(27)20-13-15-26(16-14-20)17-19-5-9-21(24)10-6-19/h5-12,20H,2-4,13-17H2,1H3,(H,25,27). The van der Waals surface area contributed by atoms with E-state index in [1.165, 1.54) is 24.0 Å². The molecule has 1 heterocycles. The molecule has 144 valence electrons. The highest BCUT2D eigenvalue weighted by Gasteiger charge is 2.25. The van der Waals surface area contributed by atoms with E-state index in [1.54, 1.807) is 0 Å². The number of nitrogens with zero attached hydrogens (tertiary/aromatic N) is 1. The lowest BCUT2D eigenvalue weighted by atomic mass is 9.95. The Morgan fingerprint density at radius 1 is 1.04 bits per heavy atom. The van der Waals surface area contributed by atoms with Gasteiger partial charge in [-0.15, -0.1) is 0 Å². The molecule has 1 aliphatic rings. The predicted octanol–water partition coefficient (Wildman–Crippen LogP) is 5.64. The lowest BCUT2D eigenvalue weighted by molar-refractivity contribution is -0.121. The van der Waals surface area contributed by atoms with E-state index in [0.29, 0.717) is 0 Å². The molecular weight excluding hydrogens is 400 g/mol. The zero-order valence-corrected chi connectivity index (χ0v) is 17.7. The minimum absolute atomic E-state index is 0.117. The smallest absolute Gasteiger partial charge is 0.227 e. The summed E-state index contributed by atoms with van der Waals surface area (Å²) in [4.78, 5) is 15.0. The number of halogens is 1. The number of unbranched alkanes of at least 4 members (excludes halogenated alkanes) is 1. The highest BCUT2D eigenvalue weighted by Crippen LogP contribution is 2.22. The Kier molecular flexibility index (Phi) is 7.48. The zero-order valence-electron chi connectivity index (χ0n) is 16.1. The number of piperidine rings is 1. The van der Waals surface area contributed by atoms with Crippen LogP contribution in [0.5, 0.6) is 0 Å². The first-order valence-electron chi connectivity index (χ1n) is 10.0. The summed E-state index contributed by atoms with van der Waals surface area (Å²) in [5, 5.41) is 3.10. The molecule has 0 aliphatic carbocycles. The molecule has 0 saturated carbocycles. The van der Waals surface area contributed by atoms with Crippen LogP contribution in [0, 0.1) is 5.92 Å². The van der Waals surface area contributed by atoms with E-state index >= 15 is 0 Å². The first-order valence-corrected chi connectivity index (χ1v) is 10.8. The Labute approximate surface area is 171 Å². The van der Waals surface area contributed by atoms with Crippen molar-refractivity contribution in [3.05, 3.63) is 64.1 Å². The molecule has 4 heteroatoms. The van der Waals surface area contributed by atoms with Gasteiger partial charge in [-0.1, -0.05) is 53.5 Å². The molecule has 2 aromatic rings. The van der Waals surface area contributed by atoms with Crippen molar-refractivity contribution in [1.82, 2.24) is 4.90 Å². The molecule has 2 aromatic carbocycles. The summed E-state index contributed by atoms with van der Waals surface area (Å²) in [6.07, 6.45) is 5.39. The number of amides is 1. The van der Waals surface area contributed by atoms with Crippen LogP contribution in [0.3, 0.4) is 0 Å². The fourth-order valence-electron chi connectivity index (χ4n) is 3.58. The van der Waals surface area contributed by atoms with Gasteiger partial charge in [0.2, 0.25) is 5.91 Å². The van der Waals surface area contributed by atoms with Crippen LogP contribution in [0.4, 0.5) is 5.69 Å². The van der Waals surface area contributed by atoms with Crippen LogP contribution in [0.2, 0.25) is 0 Å². The van der Waals surface area contributed by atoms with Gasteiger partial charge in [0.25, 0.3) is 0 Å². The number of aryl methyl sites for hydroxylation is 1. The minimum atomic E-state index is 0.117. The molecule has 27 heavy (non-hydrogen) atoms. The third-order valence-electron chi connectivity index (χ3n) is 5.32. The number of nitrogens with one attached hydrogen (secondary N) is 1. The normalized spacial score (nSPS) is 15.6. The van der Waals surface area contributed by atoms with Gasteiger partial charge >= 0.3 is 0 Å². The summed E-state index contributed by atoms with van der Waals surface area (Å²) < 4.78 is 1.11. The second-order valence-electron chi connectivity index (χ2n) is 7.47. The largest absolute Gasteiger partial charge is 0.326 e. The summed E-state index contributed by atoms with van der Waals surface area (Å²) in [6.45, 7) is 5.12. The van der Waals surface area contributed by atoms with Crippen LogP contribution in [0.25, 0.3) is 0 Å². The Balaban J connectivity index is 1.44. The molecular formula is C23H29BrN2O. The van der Waals surface area contributed by atoms with Crippen molar-refractivity contribution in [3.8, 4) is 0 Å². The topological polar surface area (TPSA) is 32.3 Å². The number of rotatable bonds is 7. The first-order chi connectivity index (χ1) is 13.1. The lowest BCUT2D eigenvalue weighted by Crippen LogP contribution is -2.37. The van der Waals surface area contributed by atoms with Crippen LogP contribution in [0.15, 0.2) is 53.0 Å². The van der Waals surface area contributed by atoms with Crippen molar-refractivity contribution in [2.24, 2.45) is 5.92 Å². The fraction of sp³-hybridized carbons (Fsp3) is 0.435. The van der Waals surface area contributed by atoms with Crippen molar-refractivity contribution in [3.63, 3.8) is 0 Å². The predicted molar refractivity (Wildman–Crippen MR) is 116 cm³/mol. The number of benzene rings is 2. The van der Waals surface area contributed by atoms with Crippen LogP contribution in [0.1, 0.15) is 43.7 Å². The van der Waals surface area contributed by atoms with Gasteiger partial charge in [0.1, 0.15) is 0 Å². The second-order valence-corrected chi connectivity index (χ2v) is 8.38. The van der Waals surface area contributed by atoms with Gasteiger partial charge < -0.3 is 5.32 Å². The van der Waals surface area contributed by atoms with Gasteiger partial charge in [-0.2, -0.15) is 0 Å². The van der Waals surface area contributed by atoms with E-state index in [0.717, 1.165) is 49.1 Å².